The van der Waals surface area contributed by atoms with Crippen LogP contribution < -0.4 is 0 Å². The van der Waals surface area contributed by atoms with Gasteiger partial charge in [-0.2, -0.15) is 0 Å². The fourth-order valence-electron chi connectivity index (χ4n) is 2.86. The van der Waals surface area contributed by atoms with E-state index in [0.29, 0.717) is 23.1 Å². The highest BCUT2D eigenvalue weighted by molar-refractivity contribution is 5.77. The Labute approximate surface area is 138 Å². The van der Waals surface area contributed by atoms with Crippen LogP contribution in [0.5, 0.6) is 0 Å². The molecule has 0 bridgehead atoms. The van der Waals surface area contributed by atoms with E-state index in [1.54, 1.807) is 37.3 Å². The van der Waals surface area contributed by atoms with Crippen LogP contribution in [0, 0.1) is 28.8 Å². The van der Waals surface area contributed by atoms with Gasteiger partial charge in [-0.25, -0.2) is 4.39 Å². The number of nitro benzene ring substituents is 1. The number of ether oxygens (including phenoxy) is 1. The molecule has 24 heavy (non-hydrogen) atoms. The van der Waals surface area contributed by atoms with Gasteiger partial charge in [0.25, 0.3) is 5.69 Å². The Balaban J connectivity index is 1.63. The number of carbonyl (C=O) groups excluding carboxylic acids is 1. The molecule has 2 aromatic rings. The summed E-state index contributed by atoms with van der Waals surface area (Å²) in [5.74, 6) is -1.20. The van der Waals surface area contributed by atoms with E-state index < -0.39 is 10.9 Å². The first-order valence-electron chi connectivity index (χ1n) is 7.63. The number of hydrogen-bond donors (Lipinski definition) is 0. The van der Waals surface area contributed by atoms with Crippen molar-refractivity contribution in [1.29, 1.82) is 0 Å². The van der Waals surface area contributed by atoms with E-state index in [0.717, 1.165) is 0 Å². The Morgan fingerprint density at radius 3 is 2.75 bits per heavy atom. The van der Waals surface area contributed by atoms with E-state index in [1.807, 2.05) is 0 Å². The second kappa shape index (κ2) is 6.39. The highest BCUT2D eigenvalue weighted by Crippen LogP contribution is 2.49. The van der Waals surface area contributed by atoms with Gasteiger partial charge in [0.1, 0.15) is 12.4 Å². The van der Waals surface area contributed by atoms with Crippen LogP contribution in [0.3, 0.4) is 0 Å². The Bertz CT molecular complexity index is 805. The van der Waals surface area contributed by atoms with Gasteiger partial charge in [-0.3, -0.25) is 14.9 Å². The van der Waals surface area contributed by atoms with Crippen molar-refractivity contribution in [3.05, 3.63) is 75.1 Å². The molecule has 0 saturated heterocycles. The Kier molecular flexibility index (Phi) is 4.29. The van der Waals surface area contributed by atoms with Gasteiger partial charge in [-0.05, 0) is 30.5 Å². The first kappa shape index (κ1) is 16.1. The highest BCUT2D eigenvalue weighted by atomic mass is 19.1. The summed E-state index contributed by atoms with van der Waals surface area (Å²) in [6, 6.07) is 11.1. The quantitative estimate of drug-likeness (QED) is 0.474. The molecule has 0 aliphatic heterocycles. The molecule has 0 N–H and O–H groups in total. The normalized spacial score (nSPS) is 18.9. The van der Waals surface area contributed by atoms with Crippen molar-refractivity contribution in [1.82, 2.24) is 0 Å². The number of nitro groups is 1. The van der Waals surface area contributed by atoms with Crippen LogP contribution in [0.1, 0.15) is 29.0 Å². The van der Waals surface area contributed by atoms with Gasteiger partial charge in [-0.1, -0.05) is 30.3 Å². The van der Waals surface area contributed by atoms with Crippen molar-refractivity contribution in [3.8, 4) is 0 Å². The molecule has 6 heteroatoms. The first-order valence-corrected chi connectivity index (χ1v) is 7.63. The van der Waals surface area contributed by atoms with E-state index in [-0.39, 0.29) is 29.9 Å². The van der Waals surface area contributed by atoms with E-state index in [2.05, 4.69) is 0 Å². The SMILES string of the molecule is Cc1c(COC(=O)C2CC2c2ccccc2F)cccc1[N+](=O)[O-]. The zero-order valence-electron chi connectivity index (χ0n) is 13.1. The van der Waals surface area contributed by atoms with Crippen molar-refractivity contribution in [3.63, 3.8) is 0 Å². The topological polar surface area (TPSA) is 69.4 Å². The lowest BCUT2D eigenvalue weighted by molar-refractivity contribution is -0.385. The molecular weight excluding hydrogens is 313 g/mol. The number of rotatable bonds is 5. The second-order valence-electron chi connectivity index (χ2n) is 5.90. The Hall–Kier alpha value is -2.76. The maximum Gasteiger partial charge on any atom is 0.309 e. The molecule has 2 unspecified atom stereocenters. The van der Waals surface area contributed by atoms with Gasteiger partial charge in [0, 0.05) is 17.5 Å². The third kappa shape index (κ3) is 3.13. The van der Waals surface area contributed by atoms with E-state index in [9.17, 15) is 19.3 Å². The average Bonchev–Trinajstić information content (AvgIpc) is 3.34. The molecule has 0 aromatic heterocycles. The van der Waals surface area contributed by atoms with E-state index in [4.69, 9.17) is 4.74 Å². The number of carbonyl (C=O) groups is 1. The third-order valence-electron chi connectivity index (χ3n) is 4.38. The van der Waals surface area contributed by atoms with Crippen molar-refractivity contribution in [2.45, 2.75) is 25.9 Å². The van der Waals surface area contributed by atoms with Crippen molar-refractivity contribution < 1.29 is 18.8 Å². The van der Waals surface area contributed by atoms with E-state index >= 15 is 0 Å². The molecule has 1 aliphatic carbocycles. The number of benzene rings is 2. The number of esters is 1. The largest absolute Gasteiger partial charge is 0.461 e. The molecule has 3 rings (SSSR count). The van der Waals surface area contributed by atoms with Crippen LogP contribution in [0.4, 0.5) is 10.1 Å². The number of halogens is 1. The second-order valence-corrected chi connectivity index (χ2v) is 5.90. The van der Waals surface area contributed by atoms with Crippen LogP contribution >= 0.6 is 0 Å². The van der Waals surface area contributed by atoms with Gasteiger partial charge in [-0.15, -0.1) is 0 Å². The molecule has 0 spiro atoms. The zero-order valence-corrected chi connectivity index (χ0v) is 13.1. The number of nitrogens with zero attached hydrogens (tertiary/aromatic N) is 1. The van der Waals surface area contributed by atoms with Gasteiger partial charge in [0.05, 0.1) is 10.8 Å². The van der Waals surface area contributed by atoms with E-state index in [1.165, 1.54) is 12.1 Å². The van der Waals surface area contributed by atoms with Crippen molar-refractivity contribution in [2.75, 3.05) is 0 Å². The third-order valence-corrected chi connectivity index (χ3v) is 4.38. The van der Waals surface area contributed by atoms with Crippen molar-refractivity contribution >= 4 is 11.7 Å². The summed E-state index contributed by atoms with van der Waals surface area (Å²) in [6.07, 6.45) is 0.563. The lowest BCUT2D eigenvalue weighted by atomic mass is 10.1. The van der Waals surface area contributed by atoms with Gasteiger partial charge in [0.2, 0.25) is 0 Å². The average molecular weight is 329 g/mol. The van der Waals surface area contributed by atoms with Crippen LogP contribution in [-0.2, 0) is 16.1 Å². The minimum absolute atomic E-state index is 0.000737. The smallest absolute Gasteiger partial charge is 0.309 e. The summed E-state index contributed by atoms with van der Waals surface area (Å²) >= 11 is 0. The lowest BCUT2D eigenvalue weighted by Crippen LogP contribution is -2.09. The van der Waals surface area contributed by atoms with Crippen LogP contribution in [0.2, 0.25) is 0 Å². The maximum atomic E-state index is 13.7. The van der Waals surface area contributed by atoms with Crippen LogP contribution in [0.15, 0.2) is 42.5 Å². The van der Waals surface area contributed by atoms with Crippen LogP contribution in [-0.4, -0.2) is 10.9 Å². The molecule has 1 fully saturated rings. The summed E-state index contributed by atoms with van der Waals surface area (Å²) in [7, 11) is 0. The van der Waals surface area contributed by atoms with Gasteiger partial charge >= 0.3 is 5.97 Å². The Morgan fingerprint density at radius 1 is 1.29 bits per heavy atom. The summed E-state index contributed by atoms with van der Waals surface area (Å²) in [4.78, 5) is 22.6. The molecule has 1 aliphatic rings. The van der Waals surface area contributed by atoms with Gasteiger partial charge in [0.15, 0.2) is 0 Å². The molecule has 0 heterocycles. The summed E-state index contributed by atoms with van der Waals surface area (Å²) < 4.78 is 19.0. The molecule has 0 radical (unpaired) electrons. The van der Waals surface area contributed by atoms with Crippen LogP contribution in [0.25, 0.3) is 0 Å². The molecule has 5 nitrogen and oxygen atoms in total. The summed E-state index contributed by atoms with van der Waals surface area (Å²) in [5.41, 5.74) is 1.61. The Morgan fingerprint density at radius 2 is 2.04 bits per heavy atom. The minimum Gasteiger partial charge on any atom is -0.461 e. The standard InChI is InChI=1S/C18H16FNO4/c1-11-12(5-4-8-17(11)20(22)23)10-24-18(21)15-9-14(15)13-6-2-3-7-16(13)19/h2-8,14-15H,9-10H2,1H3. The lowest BCUT2D eigenvalue weighted by Gasteiger charge is -2.08. The molecule has 124 valence electrons. The predicted octanol–water partition coefficient (Wildman–Crippen LogP) is 3.89. The molecule has 2 aromatic carbocycles. The minimum atomic E-state index is -0.463. The summed E-state index contributed by atoms with van der Waals surface area (Å²) in [5, 5.41) is 10.9. The summed E-state index contributed by atoms with van der Waals surface area (Å²) in [6.45, 7) is 1.60. The molecular formula is C18H16FNO4. The molecule has 1 saturated carbocycles. The van der Waals surface area contributed by atoms with Crippen molar-refractivity contribution in [2.24, 2.45) is 5.92 Å². The first-order chi connectivity index (χ1) is 11.5. The molecule has 2 atom stereocenters. The number of hydrogen-bond acceptors (Lipinski definition) is 4. The maximum absolute atomic E-state index is 13.7. The monoisotopic (exact) mass is 329 g/mol. The predicted molar refractivity (Wildman–Crippen MR) is 84.9 cm³/mol. The highest BCUT2D eigenvalue weighted by Gasteiger charge is 2.46. The fourth-order valence-corrected chi connectivity index (χ4v) is 2.86. The molecule has 0 amide bonds. The van der Waals surface area contributed by atoms with Gasteiger partial charge < -0.3 is 4.74 Å². The fraction of sp³-hybridized carbons (Fsp3) is 0.278. The zero-order chi connectivity index (χ0) is 17.3.